The predicted octanol–water partition coefficient (Wildman–Crippen LogP) is 2.06. The SMILES string of the molecule is CCCCOc1nc2c(c(=O)n(CCCON)c(=O)n2C)n1Cc1ccc(Cl)cc1. The van der Waals surface area contributed by atoms with Crippen LogP contribution >= 0.6 is 11.6 Å². The highest BCUT2D eigenvalue weighted by Gasteiger charge is 2.21. The molecule has 2 N–H and O–H groups in total. The molecule has 1 aromatic carbocycles. The molecule has 0 radical (unpaired) electrons. The molecule has 0 aliphatic heterocycles. The molecule has 0 saturated heterocycles. The average Bonchev–Trinajstić information content (AvgIpc) is 3.09. The summed E-state index contributed by atoms with van der Waals surface area (Å²) in [5, 5.41) is 0.625. The Hall–Kier alpha value is -2.62. The summed E-state index contributed by atoms with van der Waals surface area (Å²) in [4.78, 5) is 35.0. The molecule has 0 aliphatic carbocycles. The molecular weight excluding hydrogens is 410 g/mol. The molecule has 10 heteroatoms. The Bertz CT molecular complexity index is 1120. The van der Waals surface area contributed by atoms with Gasteiger partial charge in [-0.2, -0.15) is 4.98 Å². The van der Waals surface area contributed by atoms with Crippen LogP contribution in [0.3, 0.4) is 0 Å². The van der Waals surface area contributed by atoms with Gasteiger partial charge in [0, 0.05) is 18.6 Å². The lowest BCUT2D eigenvalue weighted by Crippen LogP contribution is -2.40. The van der Waals surface area contributed by atoms with Crippen LogP contribution in [0, 0.1) is 0 Å². The lowest BCUT2D eigenvalue weighted by atomic mass is 10.2. The minimum atomic E-state index is -0.444. The Kier molecular flexibility index (Phi) is 7.30. The molecule has 30 heavy (non-hydrogen) atoms. The number of ether oxygens (including phenoxy) is 1. The Morgan fingerprint density at radius 2 is 1.83 bits per heavy atom. The minimum Gasteiger partial charge on any atom is -0.465 e. The predicted molar refractivity (Wildman–Crippen MR) is 115 cm³/mol. The molecule has 3 rings (SSSR count). The molecule has 0 amide bonds. The Morgan fingerprint density at radius 1 is 1.10 bits per heavy atom. The summed E-state index contributed by atoms with van der Waals surface area (Å²) in [6.45, 7) is 3.32. The molecular formula is C20H26ClN5O4. The van der Waals surface area contributed by atoms with Gasteiger partial charge in [-0.05, 0) is 30.5 Å². The van der Waals surface area contributed by atoms with E-state index in [-0.39, 0.29) is 18.8 Å². The normalized spacial score (nSPS) is 11.3. The zero-order valence-corrected chi connectivity index (χ0v) is 17.9. The standard InChI is InChI=1S/C20H26ClN5O4/c1-3-4-11-29-19-23-17-16(26(19)13-14-6-8-15(21)9-7-14)18(27)25(10-5-12-30-22)20(28)24(17)2/h6-9H,3-5,10-13,22H2,1-2H3. The van der Waals surface area contributed by atoms with Crippen molar-refractivity contribution >= 4 is 22.8 Å². The van der Waals surface area contributed by atoms with Crippen molar-refractivity contribution in [1.29, 1.82) is 0 Å². The van der Waals surface area contributed by atoms with E-state index in [0.29, 0.717) is 36.1 Å². The molecule has 0 saturated carbocycles. The molecule has 0 atom stereocenters. The lowest BCUT2D eigenvalue weighted by Gasteiger charge is -2.11. The molecule has 0 aliphatic rings. The number of halogens is 1. The molecule has 2 heterocycles. The number of hydrogen-bond donors (Lipinski definition) is 1. The lowest BCUT2D eigenvalue weighted by molar-refractivity contribution is 0.131. The summed E-state index contributed by atoms with van der Waals surface area (Å²) >= 11 is 5.99. The second kappa shape index (κ2) is 9.92. The van der Waals surface area contributed by atoms with Crippen LogP contribution in [0.25, 0.3) is 11.2 Å². The van der Waals surface area contributed by atoms with E-state index in [0.717, 1.165) is 18.4 Å². The van der Waals surface area contributed by atoms with Gasteiger partial charge >= 0.3 is 5.69 Å². The number of imidazole rings is 1. The van der Waals surface area contributed by atoms with Crippen LogP contribution in [0.4, 0.5) is 0 Å². The Morgan fingerprint density at radius 3 is 2.50 bits per heavy atom. The van der Waals surface area contributed by atoms with Gasteiger partial charge in [0.25, 0.3) is 11.6 Å². The van der Waals surface area contributed by atoms with Crippen LogP contribution in [0.2, 0.25) is 5.02 Å². The number of unbranched alkanes of at least 4 members (excludes halogenated alkanes) is 1. The quantitative estimate of drug-likeness (QED) is 0.386. The number of fused-ring (bicyclic) bond motifs is 1. The molecule has 9 nitrogen and oxygen atoms in total. The third-order valence-corrected chi connectivity index (χ3v) is 5.08. The summed E-state index contributed by atoms with van der Waals surface area (Å²) in [7, 11) is 1.59. The number of benzene rings is 1. The number of rotatable bonds is 10. The van der Waals surface area contributed by atoms with Crippen LogP contribution in [0.1, 0.15) is 31.7 Å². The molecule has 2 aromatic heterocycles. The first-order chi connectivity index (χ1) is 14.5. The monoisotopic (exact) mass is 435 g/mol. The fourth-order valence-corrected chi connectivity index (χ4v) is 3.32. The molecule has 3 aromatic rings. The maximum Gasteiger partial charge on any atom is 0.332 e. The maximum atomic E-state index is 13.2. The van der Waals surface area contributed by atoms with Crippen LogP contribution in [-0.2, 0) is 25.0 Å². The first kappa shape index (κ1) is 22.1. The van der Waals surface area contributed by atoms with Crippen molar-refractivity contribution in [3.05, 3.63) is 55.7 Å². The van der Waals surface area contributed by atoms with Gasteiger partial charge < -0.3 is 9.57 Å². The number of nitrogens with two attached hydrogens (primary N) is 1. The van der Waals surface area contributed by atoms with Gasteiger partial charge in [-0.3, -0.25) is 18.5 Å². The first-order valence-corrected chi connectivity index (χ1v) is 10.2. The number of nitrogens with zero attached hydrogens (tertiary/aromatic N) is 4. The van der Waals surface area contributed by atoms with Crippen molar-refractivity contribution in [1.82, 2.24) is 18.7 Å². The first-order valence-electron chi connectivity index (χ1n) is 9.86. The van der Waals surface area contributed by atoms with Crippen molar-refractivity contribution in [2.75, 3.05) is 13.2 Å². The summed E-state index contributed by atoms with van der Waals surface area (Å²) in [5.74, 6) is 5.06. The van der Waals surface area contributed by atoms with Crippen molar-refractivity contribution < 1.29 is 9.57 Å². The van der Waals surface area contributed by atoms with E-state index in [1.165, 1.54) is 9.13 Å². The zero-order chi connectivity index (χ0) is 21.7. The Balaban J connectivity index is 2.15. The molecule has 0 spiro atoms. The highest BCUT2D eigenvalue weighted by atomic mass is 35.5. The number of hydrogen-bond acceptors (Lipinski definition) is 6. The van der Waals surface area contributed by atoms with Gasteiger partial charge in [0.1, 0.15) is 0 Å². The average molecular weight is 436 g/mol. The molecule has 0 bridgehead atoms. The molecule has 162 valence electrons. The van der Waals surface area contributed by atoms with Gasteiger partial charge in [-0.15, -0.1) is 0 Å². The Labute approximate surface area is 178 Å². The van der Waals surface area contributed by atoms with E-state index in [9.17, 15) is 9.59 Å². The smallest absolute Gasteiger partial charge is 0.332 e. The summed E-state index contributed by atoms with van der Waals surface area (Å²) in [6.07, 6.45) is 2.25. The van der Waals surface area contributed by atoms with E-state index in [1.54, 1.807) is 23.7 Å². The van der Waals surface area contributed by atoms with Crippen molar-refractivity contribution in [3.63, 3.8) is 0 Å². The number of aryl methyl sites for hydroxylation is 1. The van der Waals surface area contributed by atoms with E-state index in [1.807, 2.05) is 12.1 Å². The summed E-state index contributed by atoms with van der Waals surface area (Å²) in [6, 6.07) is 7.64. The van der Waals surface area contributed by atoms with E-state index >= 15 is 0 Å². The second-order valence-corrected chi connectivity index (χ2v) is 7.44. The maximum absolute atomic E-state index is 13.2. The molecule has 0 fully saturated rings. The van der Waals surface area contributed by atoms with Gasteiger partial charge in [0.15, 0.2) is 11.2 Å². The third kappa shape index (κ3) is 4.58. The largest absolute Gasteiger partial charge is 0.465 e. The van der Waals surface area contributed by atoms with Crippen molar-refractivity contribution in [2.45, 2.75) is 39.3 Å². The fraction of sp³-hybridized carbons (Fsp3) is 0.450. The van der Waals surface area contributed by atoms with E-state index in [2.05, 4.69) is 16.7 Å². The number of aromatic nitrogens is 4. The van der Waals surface area contributed by atoms with Gasteiger partial charge in [0.2, 0.25) is 0 Å². The third-order valence-electron chi connectivity index (χ3n) is 4.82. The second-order valence-electron chi connectivity index (χ2n) is 7.00. The van der Waals surface area contributed by atoms with E-state index in [4.69, 9.17) is 22.2 Å². The van der Waals surface area contributed by atoms with Crippen LogP contribution in [-0.4, -0.2) is 31.9 Å². The van der Waals surface area contributed by atoms with Crippen molar-refractivity contribution in [3.8, 4) is 6.01 Å². The summed E-state index contributed by atoms with van der Waals surface area (Å²) < 4.78 is 10.1. The molecule has 0 unspecified atom stereocenters. The van der Waals surface area contributed by atoms with Crippen LogP contribution in [0.5, 0.6) is 6.01 Å². The van der Waals surface area contributed by atoms with Crippen LogP contribution in [0.15, 0.2) is 33.9 Å². The fourth-order valence-electron chi connectivity index (χ4n) is 3.19. The summed E-state index contributed by atoms with van der Waals surface area (Å²) in [5.41, 5.74) is 0.664. The van der Waals surface area contributed by atoms with Crippen molar-refractivity contribution in [2.24, 2.45) is 12.9 Å². The topological polar surface area (TPSA) is 106 Å². The van der Waals surface area contributed by atoms with Gasteiger partial charge in [0.05, 0.1) is 19.8 Å². The highest BCUT2D eigenvalue weighted by Crippen LogP contribution is 2.21. The minimum absolute atomic E-state index is 0.191. The van der Waals surface area contributed by atoms with Gasteiger partial charge in [-0.25, -0.2) is 10.7 Å². The zero-order valence-electron chi connectivity index (χ0n) is 17.1. The highest BCUT2D eigenvalue weighted by molar-refractivity contribution is 6.30. The van der Waals surface area contributed by atoms with Gasteiger partial charge in [-0.1, -0.05) is 37.1 Å². The van der Waals surface area contributed by atoms with Crippen LogP contribution < -0.4 is 21.9 Å². The van der Waals surface area contributed by atoms with E-state index < -0.39 is 11.2 Å².